The van der Waals surface area contributed by atoms with Crippen LogP contribution in [-0.2, 0) is 19.1 Å². The summed E-state index contributed by atoms with van der Waals surface area (Å²) in [6.45, 7) is 0. The summed E-state index contributed by atoms with van der Waals surface area (Å²) >= 11 is 10.8. The number of nitrogens with two attached hydrogens (primary N) is 2. The van der Waals surface area contributed by atoms with Gasteiger partial charge in [-0.25, -0.2) is 4.79 Å². The lowest BCUT2D eigenvalue weighted by Gasteiger charge is -2.11. The number of carbonyl (C=O) groups is 4. The number of rotatable bonds is 7. The second kappa shape index (κ2) is 9.94. The Morgan fingerprint density at radius 3 is 1.84 bits per heavy atom. The van der Waals surface area contributed by atoms with Crippen LogP contribution in [0.25, 0.3) is 0 Å². The van der Waals surface area contributed by atoms with E-state index >= 15 is 0 Å². The molecule has 0 saturated heterocycles. The van der Waals surface area contributed by atoms with E-state index in [0.717, 1.165) is 0 Å². The van der Waals surface area contributed by atoms with E-state index in [2.05, 4.69) is 15.4 Å². The number of ether oxygens (including phenoxy) is 1. The molecule has 0 heterocycles. The van der Waals surface area contributed by atoms with Gasteiger partial charge in [0.15, 0.2) is 0 Å². The summed E-state index contributed by atoms with van der Waals surface area (Å²) in [5, 5.41) is 4.83. The Kier molecular flexibility index (Phi) is 8.29. The van der Waals surface area contributed by atoms with Gasteiger partial charge in [0.1, 0.15) is 11.8 Å². The van der Waals surface area contributed by atoms with Crippen molar-refractivity contribution in [3.05, 3.63) is 23.8 Å². The van der Waals surface area contributed by atoms with Crippen molar-refractivity contribution in [1.29, 1.82) is 0 Å². The molecular weight excluding hydrogens is 375 g/mol. The van der Waals surface area contributed by atoms with E-state index in [4.69, 9.17) is 34.7 Å². The molecule has 0 aliphatic rings. The summed E-state index contributed by atoms with van der Waals surface area (Å²) in [6, 6.07) is 3.88. The second-order valence-electron chi connectivity index (χ2n) is 4.79. The molecule has 6 N–H and O–H groups in total. The van der Waals surface area contributed by atoms with Crippen molar-refractivity contribution in [2.45, 2.75) is 12.6 Å². The van der Waals surface area contributed by atoms with Crippen molar-refractivity contribution in [2.75, 3.05) is 22.4 Å². The third-order valence-electron chi connectivity index (χ3n) is 2.59. The first-order valence-electron chi connectivity index (χ1n) is 6.88. The standard InChI is InChI=1S/C14H16Cl2N4O5/c15-5-11(21)19-8-1-7(2-9(3-8)20-12(22)6-16)14(24)25-13(23)4-10(17)18/h1-3,10H,4-6,17-18H2,(H,19,21)(H,20,22). The lowest BCUT2D eigenvalue weighted by Crippen LogP contribution is -2.34. The van der Waals surface area contributed by atoms with Gasteiger partial charge in [0.25, 0.3) is 0 Å². The van der Waals surface area contributed by atoms with Crippen molar-refractivity contribution in [1.82, 2.24) is 0 Å². The van der Waals surface area contributed by atoms with Crippen LogP contribution in [0.4, 0.5) is 11.4 Å². The van der Waals surface area contributed by atoms with E-state index < -0.39 is 29.9 Å². The fourth-order valence-corrected chi connectivity index (χ4v) is 1.81. The average Bonchev–Trinajstić information content (AvgIpc) is 2.53. The Hall–Kier alpha value is -2.20. The predicted octanol–water partition coefficient (Wildman–Crippen LogP) is 0.358. The number of esters is 2. The zero-order valence-corrected chi connectivity index (χ0v) is 14.4. The van der Waals surface area contributed by atoms with Crippen LogP contribution in [0.1, 0.15) is 16.8 Å². The minimum absolute atomic E-state index is 0.101. The molecule has 0 saturated carbocycles. The summed E-state index contributed by atoms with van der Waals surface area (Å²) in [4.78, 5) is 46.3. The Balaban J connectivity index is 3.06. The van der Waals surface area contributed by atoms with Crippen LogP contribution in [0.15, 0.2) is 18.2 Å². The highest BCUT2D eigenvalue weighted by Gasteiger charge is 2.17. The van der Waals surface area contributed by atoms with Crippen molar-refractivity contribution in [2.24, 2.45) is 11.5 Å². The molecule has 136 valence electrons. The van der Waals surface area contributed by atoms with Gasteiger partial charge in [-0.3, -0.25) is 14.4 Å². The van der Waals surface area contributed by atoms with Gasteiger partial charge in [0.05, 0.1) is 18.2 Å². The maximum atomic E-state index is 12.0. The number of amides is 2. The molecular formula is C14H16Cl2N4O5. The zero-order chi connectivity index (χ0) is 19.0. The number of alkyl halides is 2. The van der Waals surface area contributed by atoms with E-state index in [0.29, 0.717) is 0 Å². The normalized spacial score (nSPS) is 10.3. The second-order valence-corrected chi connectivity index (χ2v) is 5.33. The van der Waals surface area contributed by atoms with Crippen LogP contribution in [0.5, 0.6) is 0 Å². The van der Waals surface area contributed by atoms with Gasteiger partial charge in [-0.2, -0.15) is 0 Å². The van der Waals surface area contributed by atoms with Crippen LogP contribution < -0.4 is 22.1 Å². The lowest BCUT2D eigenvalue weighted by molar-refractivity contribution is -0.138. The first kappa shape index (κ1) is 20.8. The largest absolute Gasteiger partial charge is 0.389 e. The Bertz CT molecular complexity index is 645. The number of nitrogens with one attached hydrogen (secondary N) is 2. The number of carbonyl (C=O) groups excluding carboxylic acids is 4. The zero-order valence-electron chi connectivity index (χ0n) is 12.9. The molecule has 0 aliphatic carbocycles. The van der Waals surface area contributed by atoms with E-state index in [9.17, 15) is 19.2 Å². The van der Waals surface area contributed by atoms with Crippen LogP contribution in [0.3, 0.4) is 0 Å². The molecule has 2 amide bonds. The van der Waals surface area contributed by atoms with E-state index in [-0.39, 0.29) is 35.1 Å². The number of hydrogen-bond acceptors (Lipinski definition) is 7. The highest BCUT2D eigenvalue weighted by Crippen LogP contribution is 2.20. The van der Waals surface area contributed by atoms with Gasteiger partial charge in [0.2, 0.25) is 11.8 Å². The monoisotopic (exact) mass is 390 g/mol. The van der Waals surface area contributed by atoms with E-state index in [1.165, 1.54) is 18.2 Å². The van der Waals surface area contributed by atoms with Crippen molar-refractivity contribution < 1.29 is 23.9 Å². The predicted molar refractivity (Wildman–Crippen MR) is 92.3 cm³/mol. The van der Waals surface area contributed by atoms with E-state index in [1.54, 1.807) is 0 Å². The molecule has 0 fully saturated rings. The molecule has 0 spiro atoms. The van der Waals surface area contributed by atoms with Gasteiger partial charge < -0.3 is 26.8 Å². The summed E-state index contributed by atoms with van der Waals surface area (Å²) < 4.78 is 4.60. The van der Waals surface area contributed by atoms with Crippen LogP contribution in [0, 0.1) is 0 Å². The van der Waals surface area contributed by atoms with Gasteiger partial charge in [0, 0.05) is 11.4 Å². The van der Waals surface area contributed by atoms with Crippen molar-refractivity contribution in [3.8, 4) is 0 Å². The molecule has 1 rings (SSSR count). The Morgan fingerprint density at radius 1 is 0.960 bits per heavy atom. The SMILES string of the molecule is NC(N)CC(=O)OC(=O)c1cc(NC(=O)CCl)cc(NC(=O)CCl)c1. The first-order chi connectivity index (χ1) is 11.7. The number of benzene rings is 1. The fraction of sp³-hybridized carbons (Fsp3) is 0.286. The molecule has 1 aromatic carbocycles. The molecule has 0 atom stereocenters. The van der Waals surface area contributed by atoms with Gasteiger partial charge in [-0.05, 0) is 18.2 Å². The molecule has 11 heteroatoms. The number of hydrogen-bond donors (Lipinski definition) is 4. The summed E-state index contributed by atoms with van der Waals surface area (Å²) in [7, 11) is 0. The highest BCUT2D eigenvalue weighted by atomic mass is 35.5. The molecule has 1 aromatic rings. The smallest absolute Gasteiger partial charge is 0.345 e. The van der Waals surface area contributed by atoms with Crippen LogP contribution in [-0.4, -0.2) is 41.7 Å². The maximum Gasteiger partial charge on any atom is 0.345 e. The molecule has 0 aromatic heterocycles. The molecule has 9 nitrogen and oxygen atoms in total. The third kappa shape index (κ3) is 7.48. The average molecular weight is 391 g/mol. The van der Waals surface area contributed by atoms with Crippen molar-refractivity contribution in [3.63, 3.8) is 0 Å². The van der Waals surface area contributed by atoms with Crippen LogP contribution in [0.2, 0.25) is 0 Å². The molecule has 0 unspecified atom stereocenters. The number of anilines is 2. The summed E-state index contributed by atoms with van der Waals surface area (Å²) in [5.74, 6) is -3.62. The van der Waals surface area contributed by atoms with Gasteiger partial charge in [-0.1, -0.05) is 0 Å². The lowest BCUT2D eigenvalue weighted by atomic mass is 10.1. The van der Waals surface area contributed by atoms with Gasteiger partial charge >= 0.3 is 11.9 Å². The molecule has 0 aliphatic heterocycles. The fourth-order valence-electron chi connectivity index (χ4n) is 1.68. The van der Waals surface area contributed by atoms with Gasteiger partial charge in [-0.15, -0.1) is 23.2 Å². The topological polar surface area (TPSA) is 154 Å². The van der Waals surface area contributed by atoms with Crippen molar-refractivity contribution >= 4 is 58.3 Å². The minimum Gasteiger partial charge on any atom is -0.389 e. The Labute approximate surface area is 152 Å². The molecule has 0 bridgehead atoms. The number of halogens is 2. The first-order valence-corrected chi connectivity index (χ1v) is 7.95. The summed E-state index contributed by atoms with van der Waals surface area (Å²) in [6.07, 6.45) is -1.32. The maximum absolute atomic E-state index is 12.0. The van der Waals surface area contributed by atoms with Crippen LogP contribution >= 0.6 is 23.2 Å². The Morgan fingerprint density at radius 2 is 1.44 bits per heavy atom. The molecule has 25 heavy (non-hydrogen) atoms. The third-order valence-corrected chi connectivity index (χ3v) is 3.07. The van der Waals surface area contributed by atoms with E-state index in [1.807, 2.05) is 0 Å². The minimum atomic E-state index is -1.01. The summed E-state index contributed by atoms with van der Waals surface area (Å²) in [5.41, 5.74) is 10.7. The highest BCUT2D eigenvalue weighted by molar-refractivity contribution is 6.29. The quantitative estimate of drug-likeness (QED) is 0.226. The molecule has 0 radical (unpaired) electrons.